The van der Waals surface area contributed by atoms with Crippen LogP contribution >= 0.6 is 0 Å². The first-order chi connectivity index (χ1) is 11.5. The molecule has 0 amide bonds. The normalized spacial score (nSPS) is 4.80. The van der Waals surface area contributed by atoms with Crippen molar-refractivity contribution in [3.63, 3.8) is 0 Å². The summed E-state index contributed by atoms with van der Waals surface area (Å²) in [5.41, 5.74) is 0. The van der Waals surface area contributed by atoms with E-state index in [2.05, 4.69) is 0 Å². The van der Waals surface area contributed by atoms with E-state index in [1.807, 2.05) is 78.0 Å². The van der Waals surface area contributed by atoms with E-state index in [4.69, 9.17) is 31.6 Å². The van der Waals surface area contributed by atoms with Gasteiger partial charge >= 0.3 is 0 Å². The molecule has 0 bridgehead atoms. The molecule has 0 unspecified atom stereocenters. The van der Waals surface area contributed by atoms with E-state index >= 15 is 0 Å². The number of rotatable bonds is 0. The monoisotopic (exact) mass is 514 g/mol. The van der Waals surface area contributed by atoms with Crippen LogP contribution in [0.2, 0.25) is 0 Å². The van der Waals surface area contributed by atoms with Gasteiger partial charge in [0.05, 0.1) is 36.4 Å². The maximum absolute atomic E-state index is 7.62. The van der Waals surface area contributed by atoms with Gasteiger partial charge in [-0.15, -0.1) is 0 Å². The number of nitriles is 6. The number of hydrogen-bond donors (Lipinski definition) is 0. The van der Waals surface area contributed by atoms with E-state index in [9.17, 15) is 0 Å². The second kappa shape index (κ2) is 99.3. The van der Waals surface area contributed by atoms with Crippen molar-refractivity contribution in [3.05, 3.63) is 0 Å². The van der Waals surface area contributed by atoms with Crippen molar-refractivity contribution in [2.45, 2.75) is 80.1 Å². The zero-order valence-corrected chi connectivity index (χ0v) is 19.3. The van der Waals surface area contributed by atoms with Crippen molar-refractivity contribution in [3.8, 4) is 36.4 Å². The Morgan fingerprint density at radius 3 is 0.400 bits per heavy atom. The predicted octanol–water partition coefficient (Wildman–Crippen LogP) is 5.52. The average Bonchev–Trinajstić information content (AvgIpc) is 2.68. The second-order valence-corrected chi connectivity index (χ2v) is 3.07. The molecule has 0 aromatic rings. The third-order valence-corrected chi connectivity index (χ3v) is 0.949. The Bertz CT molecular complexity index is 313. The Hall–Kier alpha value is -2.37. The van der Waals surface area contributed by atoms with Crippen LogP contribution in [0.4, 0.5) is 0 Å². The first-order valence-corrected chi connectivity index (χ1v) is 7.71. The van der Waals surface area contributed by atoms with Gasteiger partial charge in [-0.3, -0.25) is 0 Å². The fraction of sp³-hybridized carbons (Fsp3) is 0.667. The van der Waals surface area contributed by atoms with E-state index < -0.39 is 0 Å². The minimum Gasteiger partial charge on any atom is -0.198 e. The molecule has 0 aliphatic rings. The van der Waals surface area contributed by atoms with Crippen LogP contribution in [-0.4, -0.2) is 0 Å². The molecule has 0 radical (unpaired) electrons. The largest absolute Gasteiger partial charge is 0.198 e. The summed E-state index contributed by atoms with van der Waals surface area (Å²) in [5.74, 6) is 0. The summed E-state index contributed by atoms with van der Waals surface area (Å²) >= 11 is 0. The smallest absolute Gasteiger partial charge is 0.0618 e. The Kier molecular flexibility index (Phi) is 172. The van der Waals surface area contributed by atoms with Crippen LogP contribution in [0.15, 0.2) is 0 Å². The van der Waals surface area contributed by atoms with Crippen LogP contribution in [0.5, 0.6) is 0 Å². The molecule has 7 heteroatoms. The molecule has 0 saturated heterocycles. The molecule has 0 aromatic carbocycles. The Morgan fingerprint density at radius 2 is 0.400 bits per heavy atom. The van der Waals surface area contributed by atoms with Crippen LogP contribution in [0.1, 0.15) is 80.1 Å². The summed E-state index contributed by atoms with van der Waals surface area (Å²) in [4.78, 5) is 0. The molecule has 0 aliphatic heterocycles. The molecule has 0 aromatic heterocycles. The van der Waals surface area contributed by atoms with E-state index in [-0.39, 0.29) is 21.1 Å². The van der Waals surface area contributed by atoms with Crippen molar-refractivity contribution in [2.75, 3.05) is 0 Å². The molecular formula is C18H30N6W. The maximum atomic E-state index is 7.62. The molecule has 25 heavy (non-hydrogen) atoms. The summed E-state index contributed by atoms with van der Waals surface area (Å²) in [5, 5.41) is 45.8. The molecule has 0 fully saturated rings. The van der Waals surface area contributed by atoms with Crippen molar-refractivity contribution in [1.82, 2.24) is 0 Å². The van der Waals surface area contributed by atoms with Gasteiger partial charge in [-0.25, -0.2) is 0 Å². The number of nitrogens with zero attached hydrogens (tertiary/aromatic N) is 6. The third-order valence-electron chi connectivity index (χ3n) is 0.949. The van der Waals surface area contributed by atoms with Crippen molar-refractivity contribution >= 4 is 0 Å². The molecule has 138 valence electrons. The van der Waals surface area contributed by atoms with Gasteiger partial charge in [-0.05, 0) is 0 Å². The standard InChI is InChI=1S/6C3H5N.W/c6*1-2-3-4;/h6*2H2,1H3;. The number of hydrogen-bond acceptors (Lipinski definition) is 6. The van der Waals surface area contributed by atoms with Gasteiger partial charge in [0.1, 0.15) is 0 Å². The van der Waals surface area contributed by atoms with Gasteiger partial charge < -0.3 is 0 Å². The van der Waals surface area contributed by atoms with Crippen LogP contribution < -0.4 is 0 Å². The molecule has 0 spiro atoms. The molecular weight excluding hydrogens is 484 g/mol. The van der Waals surface area contributed by atoms with Gasteiger partial charge in [-0.1, -0.05) is 41.5 Å². The van der Waals surface area contributed by atoms with E-state index in [0.717, 1.165) is 0 Å². The molecule has 0 saturated carbocycles. The molecule has 6 nitrogen and oxygen atoms in total. The van der Waals surface area contributed by atoms with E-state index in [1.54, 1.807) is 0 Å². The molecule has 0 heterocycles. The second-order valence-electron chi connectivity index (χ2n) is 3.07. The van der Waals surface area contributed by atoms with Crippen molar-refractivity contribution in [1.29, 1.82) is 31.6 Å². The van der Waals surface area contributed by atoms with Gasteiger partial charge in [0.25, 0.3) is 0 Å². The molecule has 0 N–H and O–H groups in total. The summed E-state index contributed by atoms with van der Waals surface area (Å²) in [6, 6.07) is 11.6. The van der Waals surface area contributed by atoms with Gasteiger partial charge in [0, 0.05) is 59.6 Å². The molecule has 0 aliphatic carbocycles. The van der Waals surface area contributed by atoms with E-state index in [0.29, 0.717) is 38.5 Å². The van der Waals surface area contributed by atoms with Crippen LogP contribution in [-0.2, 0) is 21.1 Å². The van der Waals surface area contributed by atoms with Crippen LogP contribution in [0.25, 0.3) is 0 Å². The Morgan fingerprint density at radius 1 is 0.360 bits per heavy atom. The first kappa shape index (κ1) is 43.3. The zero-order valence-electron chi connectivity index (χ0n) is 16.3. The molecule has 0 atom stereocenters. The summed E-state index contributed by atoms with van der Waals surface area (Å²) in [7, 11) is 0. The van der Waals surface area contributed by atoms with Gasteiger partial charge in [-0.2, -0.15) is 31.6 Å². The first-order valence-electron chi connectivity index (χ1n) is 7.71. The fourth-order valence-corrected chi connectivity index (χ4v) is 0. The van der Waals surface area contributed by atoms with E-state index in [1.165, 1.54) is 0 Å². The summed E-state index contributed by atoms with van der Waals surface area (Å²) < 4.78 is 0. The van der Waals surface area contributed by atoms with Crippen LogP contribution in [0.3, 0.4) is 0 Å². The minimum absolute atomic E-state index is 0. The molecule has 0 rings (SSSR count). The quantitative estimate of drug-likeness (QED) is 0.417. The topological polar surface area (TPSA) is 143 Å². The van der Waals surface area contributed by atoms with Gasteiger partial charge in [0.2, 0.25) is 0 Å². The zero-order chi connectivity index (χ0) is 20.5. The maximum Gasteiger partial charge on any atom is 0.0618 e. The fourth-order valence-electron chi connectivity index (χ4n) is 0. The minimum atomic E-state index is 0. The summed E-state index contributed by atoms with van der Waals surface area (Å²) in [6.45, 7) is 10.9. The van der Waals surface area contributed by atoms with Crippen molar-refractivity contribution in [2.24, 2.45) is 0 Å². The SMILES string of the molecule is CCC#N.CCC#N.CCC#N.CCC#N.CCC#N.CCC#N.[W]. The Balaban J connectivity index is -0.0000000309. The van der Waals surface area contributed by atoms with Crippen molar-refractivity contribution < 1.29 is 21.1 Å². The average molecular weight is 514 g/mol. The summed E-state index contributed by atoms with van der Waals surface area (Å²) in [6.07, 6.45) is 3.75. The predicted molar refractivity (Wildman–Crippen MR) is 95.4 cm³/mol. The Labute approximate surface area is 169 Å². The third kappa shape index (κ3) is 633. The van der Waals surface area contributed by atoms with Crippen LogP contribution in [0, 0.1) is 68.0 Å². The van der Waals surface area contributed by atoms with Gasteiger partial charge in [0.15, 0.2) is 0 Å².